The van der Waals surface area contributed by atoms with Crippen LogP contribution in [0.2, 0.25) is 0 Å². The van der Waals surface area contributed by atoms with Gasteiger partial charge in [0.05, 0.1) is 13.2 Å². The molecule has 0 saturated heterocycles. The van der Waals surface area contributed by atoms with E-state index >= 15 is 0 Å². The predicted octanol–water partition coefficient (Wildman–Crippen LogP) is 0.843. The van der Waals surface area contributed by atoms with Crippen LogP contribution in [0.3, 0.4) is 0 Å². The lowest BCUT2D eigenvalue weighted by Gasteiger charge is -2.00. The number of aliphatic hydroxyl groups is 2. The van der Waals surface area contributed by atoms with E-state index in [1.54, 1.807) is 6.92 Å². The topological polar surface area (TPSA) is 130 Å². The summed E-state index contributed by atoms with van der Waals surface area (Å²) >= 11 is 0. The summed E-state index contributed by atoms with van der Waals surface area (Å²) in [5.74, 6) is -1.82. The van der Waals surface area contributed by atoms with E-state index in [2.05, 4.69) is 29.2 Å². The highest BCUT2D eigenvalue weighted by molar-refractivity contribution is 5.86. The lowest BCUT2D eigenvalue weighted by molar-refractivity contribution is -0.139. The van der Waals surface area contributed by atoms with E-state index in [-0.39, 0.29) is 26.4 Å². The molecule has 0 spiro atoms. The monoisotopic (exact) mass is 346 g/mol. The Morgan fingerprint density at radius 1 is 0.958 bits per heavy atom. The number of aliphatic carboxylic acids is 1. The van der Waals surface area contributed by atoms with E-state index in [1.165, 1.54) is 0 Å². The maximum atomic E-state index is 10.6. The molecular formula is C16H26O8. The standard InChI is InChI=1S/C7H12O3.C6H10O3.C3H4O2/c1-6(2)7(9)10-5-3-4-8;1-2-6(8)9-5-3-4-7;1-2-3(4)5/h8H,1,3-5H2,2H3;2,7H,1,3-5H2;2H,1H2,(H,4,5). The van der Waals surface area contributed by atoms with Gasteiger partial charge in [-0.25, -0.2) is 14.4 Å². The lowest BCUT2D eigenvalue weighted by atomic mass is 10.4. The molecule has 3 N–H and O–H groups in total. The van der Waals surface area contributed by atoms with Crippen molar-refractivity contribution in [1.29, 1.82) is 0 Å². The van der Waals surface area contributed by atoms with Crippen molar-refractivity contribution >= 4 is 17.9 Å². The Kier molecular flexibility index (Phi) is 22.6. The van der Waals surface area contributed by atoms with Crippen LogP contribution in [0.5, 0.6) is 0 Å². The molecule has 8 heteroatoms. The first kappa shape index (κ1) is 26.4. The Labute approximate surface area is 141 Å². The molecule has 0 aromatic rings. The van der Waals surface area contributed by atoms with Crippen molar-refractivity contribution in [2.75, 3.05) is 26.4 Å². The first-order chi connectivity index (χ1) is 11.3. The van der Waals surface area contributed by atoms with E-state index in [4.69, 9.17) is 15.3 Å². The Morgan fingerprint density at radius 3 is 1.67 bits per heavy atom. The van der Waals surface area contributed by atoms with Gasteiger partial charge in [0.1, 0.15) is 0 Å². The second kappa shape index (κ2) is 20.6. The molecule has 0 aromatic carbocycles. The fraction of sp³-hybridized carbons (Fsp3) is 0.438. The van der Waals surface area contributed by atoms with Crippen molar-refractivity contribution in [3.05, 3.63) is 37.5 Å². The fourth-order valence-corrected chi connectivity index (χ4v) is 0.649. The Morgan fingerprint density at radius 2 is 1.38 bits per heavy atom. The molecule has 0 bridgehead atoms. The second-order valence-electron chi connectivity index (χ2n) is 3.98. The fourth-order valence-electron chi connectivity index (χ4n) is 0.649. The van der Waals surface area contributed by atoms with Crippen LogP contribution in [-0.4, -0.2) is 59.7 Å². The van der Waals surface area contributed by atoms with Crippen LogP contribution < -0.4 is 0 Å². The maximum absolute atomic E-state index is 10.6. The highest BCUT2D eigenvalue weighted by Crippen LogP contribution is 1.92. The number of aliphatic hydroxyl groups excluding tert-OH is 2. The molecule has 0 amide bonds. The van der Waals surface area contributed by atoms with Crippen LogP contribution >= 0.6 is 0 Å². The van der Waals surface area contributed by atoms with Crippen LogP contribution in [0.4, 0.5) is 0 Å². The molecule has 0 aliphatic heterocycles. The first-order valence-corrected chi connectivity index (χ1v) is 6.95. The van der Waals surface area contributed by atoms with Gasteiger partial charge < -0.3 is 24.8 Å². The van der Waals surface area contributed by atoms with E-state index < -0.39 is 17.9 Å². The molecule has 8 nitrogen and oxygen atoms in total. The van der Waals surface area contributed by atoms with Crippen molar-refractivity contribution in [3.63, 3.8) is 0 Å². The predicted molar refractivity (Wildman–Crippen MR) is 88.2 cm³/mol. The summed E-state index contributed by atoms with van der Waals surface area (Å²) < 4.78 is 9.16. The van der Waals surface area contributed by atoms with E-state index in [0.29, 0.717) is 18.4 Å². The summed E-state index contributed by atoms with van der Waals surface area (Å²) in [6.45, 7) is 11.8. The molecule has 0 radical (unpaired) electrons. The van der Waals surface area contributed by atoms with E-state index in [0.717, 1.165) is 12.2 Å². The Hall–Kier alpha value is -2.45. The number of hydrogen-bond donors (Lipinski definition) is 3. The number of esters is 2. The smallest absolute Gasteiger partial charge is 0.333 e. The lowest BCUT2D eigenvalue weighted by Crippen LogP contribution is -2.06. The summed E-state index contributed by atoms with van der Waals surface area (Å²) in [6.07, 6.45) is 2.90. The van der Waals surface area contributed by atoms with Gasteiger partial charge in [-0.05, 0) is 6.92 Å². The Bertz CT molecular complexity index is 401. The molecule has 0 atom stereocenters. The Balaban J connectivity index is -0.000000291. The molecule has 0 aliphatic rings. The van der Waals surface area contributed by atoms with Gasteiger partial charge in [0.2, 0.25) is 0 Å². The van der Waals surface area contributed by atoms with Crippen LogP contribution in [0.25, 0.3) is 0 Å². The number of carboxylic acid groups (broad SMARTS) is 1. The summed E-state index contributed by atoms with van der Waals surface area (Å²) in [5, 5.41) is 24.1. The van der Waals surface area contributed by atoms with E-state index in [1.807, 2.05) is 0 Å². The van der Waals surface area contributed by atoms with Gasteiger partial charge in [-0.3, -0.25) is 0 Å². The molecule has 0 aromatic heterocycles. The molecule has 0 aliphatic carbocycles. The first-order valence-electron chi connectivity index (χ1n) is 6.95. The molecule has 0 rings (SSSR count). The molecule has 0 fully saturated rings. The number of hydrogen-bond acceptors (Lipinski definition) is 7. The van der Waals surface area contributed by atoms with Gasteiger partial charge in [-0.15, -0.1) is 0 Å². The van der Waals surface area contributed by atoms with Crippen molar-refractivity contribution < 1.29 is 39.2 Å². The van der Waals surface area contributed by atoms with Crippen molar-refractivity contribution in [1.82, 2.24) is 0 Å². The third kappa shape index (κ3) is 27.8. The third-order valence-electron chi connectivity index (χ3n) is 1.77. The minimum atomic E-state index is -0.981. The van der Waals surface area contributed by atoms with Crippen LogP contribution in [-0.2, 0) is 23.9 Å². The van der Waals surface area contributed by atoms with E-state index in [9.17, 15) is 14.4 Å². The van der Waals surface area contributed by atoms with Crippen LogP contribution in [0, 0.1) is 0 Å². The van der Waals surface area contributed by atoms with Gasteiger partial charge in [-0.1, -0.05) is 19.7 Å². The minimum absolute atomic E-state index is 0.0451. The van der Waals surface area contributed by atoms with Gasteiger partial charge in [0.15, 0.2) is 0 Å². The van der Waals surface area contributed by atoms with Crippen LogP contribution in [0.1, 0.15) is 19.8 Å². The minimum Gasteiger partial charge on any atom is -0.478 e. The van der Waals surface area contributed by atoms with Crippen molar-refractivity contribution in [2.45, 2.75) is 19.8 Å². The third-order valence-corrected chi connectivity index (χ3v) is 1.77. The number of carbonyl (C=O) groups excluding carboxylic acids is 2. The van der Waals surface area contributed by atoms with Gasteiger partial charge in [0, 0.05) is 43.8 Å². The average molecular weight is 346 g/mol. The quantitative estimate of drug-likeness (QED) is 0.318. The van der Waals surface area contributed by atoms with Crippen LogP contribution in [0.15, 0.2) is 37.5 Å². The summed E-state index contributed by atoms with van der Waals surface area (Å²) in [6, 6.07) is 0. The normalized spacial score (nSPS) is 8.29. The summed E-state index contributed by atoms with van der Waals surface area (Å²) in [4.78, 5) is 30.1. The zero-order valence-corrected chi connectivity index (χ0v) is 13.9. The van der Waals surface area contributed by atoms with Gasteiger partial charge in [-0.2, -0.15) is 0 Å². The molecular weight excluding hydrogens is 320 g/mol. The summed E-state index contributed by atoms with van der Waals surface area (Å²) in [5.41, 5.74) is 0.387. The van der Waals surface area contributed by atoms with Gasteiger partial charge in [0.25, 0.3) is 0 Å². The SMILES string of the molecule is C=C(C)C(=O)OCCCO.C=CC(=O)O.C=CC(=O)OCCCO. The second-order valence-corrected chi connectivity index (χ2v) is 3.98. The highest BCUT2D eigenvalue weighted by Gasteiger charge is 2.00. The average Bonchev–Trinajstić information content (AvgIpc) is 2.56. The molecule has 0 unspecified atom stereocenters. The largest absolute Gasteiger partial charge is 0.478 e. The molecule has 138 valence electrons. The number of rotatable bonds is 9. The summed E-state index contributed by atoms with van der Waals surface area (Å²) in [7, 11) is 0. The number of carboxylic acids is 1. The zero-order chi connectivity index (χ0) is 19.4. The van der Waals surface area contributed by atoms with Crippen molar-refractivity contribution in [3.8, 4) is 0 Å². The van der Waals surface area contributed by atoms with Gasteiger partial charge >= 0.3 is 17.9 Å². The molecule has 0 heterocycles. The number of carbonyl (C=O) groups is 3. The maximum Gasteiger partial charge on any atom is 0.333 e. The molecule has 0 saturated carbocycles. The highest BCUT2D eigenvalue weighted by atomic mass is 16.5. The zero-order valence-electron chi connectivity index (χ0n) is 13.9. The molecule has 24 heavy (non-hydrogen) atoms. The number of ether oxygens (including phenoxy) is 2. The van der Waals surface area contributed by atoms with Crippen molar-refractivity contribution in [2.24, 2.45) is 0 Å².